The maximum atomic E-state index is 12.6. The van der Waals surface area contributed by atoms with Gasteiger partial charge in [-0.25, -0.2) is 0 Å². The molecular weight excluding hydrogens is 244 g/mol. The quantitative estimate of drug-likeness (QED) is 0.761. The second-order valence-corrected chi connectivity index (χ2v) is 6.48. The van der Waals surface area contributed by atoms with Crippen LogP contribution < -0.4 is 5.32 Å². The minimum absolute atomic E-state index is 0.0346. The van der Waals surface area contributed by atoms with Gasteiger partial charge in [0.05, 0.1) is 24.2 Å². The average Bonchev–Trinajstić information content (AvgIpc) is 2.37. The molecule has 5 heteroatoms. The van der Waals surface area contributed by atoms with E-state index in [0.717, 1.165) is 19.4 Å². The predicted molar refractivity (Wildman–Crippen MR) is 72.8 cm³/mol. The number of nitrogens with zero attached hydrogens (tertiary/aromatic N) is 1. The molecule has 0 saturated carbocycles. The maximum absolute atomic E-state index is 12.6. The Morgan fingerprint density at radius 2 is 2.21 bits per heavy atom. The van der Waals surface area contributed by atoms with E-state index in [1.165, 1.54) is 0 Å². The Morgan fingerprint density at radius 3 is 2.79 bits per heavy atom. The molecule has 2 saturated heterocycles. The third kappa shape index (κ3) is 3.68. The molecule has 2 fully saturated rings. The molecule has 0 aromatic carbocycles. The zero-order valence-electron chi connectivity index (χ0n) is 12.2. The molecule has 2 N–H and O–H groups in total. The van der Waals surface area contributed by atoms with Crippen molar-refractivity contribution in [2.75, 3.05) is 26.2 Å². The molecule has 0 radical (unpaired) electrons. The van der Waals surface area contributed by atoms with E-state index in [9.17, 15) is 9.90 Å². The number of nitrogens with one attached hydrogen (secondary N) is 1. The van der Waals surface area contributed by atoms with Crippen LogP contribution in [0.3, 0.4) is 0 Å². The average molecular weight is 270 g/mol. The Balaban J connectivity index is 1.98. The number of amides is 1. The highest BCUT2D eigenvalue weighted by Crippen LogP contribution is 2.24. The molecule has 0 bridgehead atoms. The SMILES string of the molecule is CC1CCC(C(=O)N2CC(CO)OC(C)(C)C2)CN1. The first-order valence-electron chi connectivity index (χ1n) is 7.22. The van der Waals surface area contributed by atoms with E-state index in [-0.39, 0.29) is 30.1 Å². The third-order valence-corrected chi connectivity index (χ3v) is 4.01. The minimum Gasteiger partial charge on any atom is -0.394 e. The summed E-state index contributed by atoms with van der Waals surface area (Å²) in [6.45, 7) is 7.93. The number of hydrogen-bond donors (Lipinski definition) is 2. The zero-order valence-corrected chi connectivity index (χ0v) is 12.2. The van der Waals surface area contributed by atoms with Crippen molar-refractivity contribution >= 4 is 5.91 Å². The van der Waals surface area contributed by atoms with Crippen molar-refractivity contribution in [3.63, 3.8) is 0 Å². The molecule has 2 rings (SSSR count). The lowest BCUT2D eigenvalue weighted by Crippen LogP contribution is -2.58. The van der Waals surface area contributed by atoms with Crippen molar-refractivity contribution in [3.05, 3.63) is 0 Å². The van der Waals surface area contributed by atoms with Gasteiger partial charge in [-0.15, -0.1) is 0 Å². The van der Waals surface area contributed by atoms with Gasteiger partial charge >= 0.3 is 0 Å². The van der Waals surface area contributed by atoms with Crippen molar-refractivity contribution in [1.29, 1.82) is 0 Å². The fourth-order valence-electron chi connectivity index (χ4n) is 3.03. The summed E-state index contributed by atoms with van der Waals surface area (Å²) in [5.41, 5.74) is -0.378. The molecule has 1 amide bonds. The van der Waals surface area contributed by atoms with E-state index in [1.54, 1.807) is 0 Å². The Bertz CT molecular complexity index is 325. The summed E-state index contributed by atoms with van der Waals surface area (Å²) in [6.07, 6.45) is 1.74. The molecule has 0 aromatic rings. The number of rotatable bonds is 2. The van der Waals surface area contributed by atoms with E-state index in [1.807, 2.05) is 18.7 Å². The van der Waals surface area contributed by atoms with Crippen LogP contribution in [-0.2, 0) is 9.53 Å². The number of carbonyl (C=O) groups excluding carboxylic acids is 1. The first-order valence-corrected chi connectivity index (χ1v) is 7.22. The molecule has 0 spiro atoms. The van der Waals surface area contributed by atoms with E-state index in [0.29, 0.717) is 19.1 Å². The van der Waals surface area contributed by atoms with Crippen molar-refractivity contribution in [2.24, 2.45) is 5.92 Å². The van der Waals surface area contributed by atoms with Crippen molar-refractivity contribution in [1.82, 2.24) is 10.2 Å². The lowest BCUT2D eigenvalue weighted by molar-refractivity contribution is -0.170. The third-order valence-electron chi connectivity index (χ3n) is 4.01. The van der Waals surface area contributed by atoms with Crippen LogP contribution in [0, 0.1) is 5.92 Å². The van der Waals surface area contributed by atoms with Crippen LogP contribution in [0.1, 0.15) is 33.6 Å². The van der Waals surface area contributed by atoms with Crippen LogP contribution in [0.5, 0.6) is 0 Å². The second-order valence-electron chi connectivity index (χ2n) is 6.48. The van der Waals surface area contributed by atoms with Gasteiger partial charge in [-0.1, -0.05) is 0 Å². The Morgan fingerprint density at radius 1 is 1.47 bits per heavy atom. The molecule has 110 valence electrons. The van der Waals surface area contributed by atoms with Gasteiger partial charge < -0.3 is 20.1 Å². The summed E-state index contributed by atoms with van der Waals surface area (Å²) in [4.78, 5) is 14.4. The molecule has 2 aliphatic heterocycles. The maximum Gasteiger partial charge on any atom is 0.227 e. The lowest BCUT2D eigenvalue weighted by Gasteiger charge is -2.44. The largest absolute Gasteiger partial charge is 0.394 e. The van der Waals surface area contributed by atoms with Crippen molar-refractivity contribution in [2.45, 2.75) is 51.4 Å². The number of aliphatic hydroxyl groups is 1. The minimum atomic E-state index is -0.378. The van der Waals surface area contributed by atoms with Crippen LogP contribution in [0.25, 0.3) is 0 Å². The number of carbonyl (C=O) groups is 1. The highest BCUT2D eigenvalue weighted by atomic mass is 16.5. The van der Waals surface area contributed by atoms with E-state index >= 15 is 0 Å². The predicted octanol–water partition coefficient (Wildman–Crippen LogP) is 0.373. The molecule has 2 heterocycles. The normalized spacial score (nSPS) is 35.2. The number of ether oxygens (including phenoxy) is 1. The lowest BCUT2D eigenvalue weighted by atomic mass is 9.93. The summed E-state index contributed by atoms with van der Waals surface area (Å²) in [6, 6.07) is 0.510. The van der Waals surface area contributed by atoms with Gasteiger partial charge in [-0.05, 0) is 33.6 Å². The Kier molecular flexibility index (Phi) is 4.48. The summed E-state index contributed by atoms with van der Waals surface area (Å²) in [5.74, 6) is 0.277. The summed E-state index contributed by atoms with van der Waals surface area (Å²) in [5, 5.41) is 12.7. The van der Waals surface area contributed by atoms with Crippen molar-refractivity contribution in [3.8, 4) is 0 Å². The molecule has 2 aliphatic rings. The number of morpholine rings is 1. The van der Waals surface area contributed by atoms with Gasteiger partial charge in [0.25, 0.3) is 0 Å². The summed E-state index contributed by atoms with van der Waals surface area (Å²) in [7, 11) is 0. The second kappa shape index (κ2) is 5.77. The smallest absolute Gasteiger partial charge is 0.227 e. The number of piperidine rings is 1. The highest BCUT2D eigenvalue weighted by Gasteiger charge is 2.37. The van der Waals surface area contributed by atoms with Crippen LogP contribution in [-0.4, -0.2) is 59.9 Å². The van der Waals surface area contributed by atoms with Gasteiger partial charge in [-0.2, -0.15) is 0 Å². The molecule has 0 aromatic heterocycles. The van der Waals surface area contributed by atoms with Gasteiger partial charge in [0.15, 0.2) is 0 Å². The summed E-state index contributed by atoms with van der Waals surface area (Å²) >= 11 is 0. The molecular formula is C14H26N2O3. The van der Waals surface area contributed by atoms with Crippen molar-refractivity contribution < 1.29 is 14.6 Å². The molecule has 3 atom stereocenters. The van der Waals surface area contributed by atoms with Gasteiger partial charge in [0.1, 0.15) is 0 Å². The van der Waals surface area contributed by atoms with E-state index in [2.05, 4.69) is 12.2 Å². The van der Waals surface area contributed by atoms with E-state index in [4.69, 9.17) is 4.74 Å². The van der Waals surface area contributed by atoms with Crippen LogP contribution >= 0.6 is 0 Å². The zero-order chi connectivity index (χ0) is 14.0. The van der Waals surface area contributed by atoms with Gasteiger partial charge in [0.2, 0.25) is 5.91 Å². The van der Waals surface area contributed by atoms with Gasteiger partial charge in [-0.3, -0.25) is 4.79 Å². The van der Waals surface area contributed by atoms with Gasteiger partial charge in [0, 0.05) is 25.7 Å². The van der Waals surface area contributed by atoms with Crippen LogP contribution in [0.2, 0.25) is 0 Å². The van der Waals surface area contributed by atoms with Crippen LogP contribution in [0.4, 0.5) is 0 Å². The summed E-state index contributed by atoms with van der Waals surface area (Å²) < 4.78 is 5.75. The highest BCUT2D eigenvalue weighted by molar-refractivity contribution is 5.79. The fourth-order valence-corrected chi connectivity index (χ4v) is 3.03. The van der Waals surface area contributed by atoms with E-state index < -0.39 is 0 Å². The first-order chi connectivity index (χ1) is 8.91. The number of hydrogen-bond acceptors (Lipinski definition) is 4. The molecule has 3 unspecified atom stereocenters. The number of aliphatic hydroxyl groups excluding tert-OH is 1. The fraction of sp³-hybridized carbons (Fsp3) is 0.929. The molecule has 5 nitrogen and oxygen atoms in total. The Hall–Kier alpha value is -0.650. The monoisotopic (exact) mass is 270 g/mol. The molecule has 0 aliphatic carbocycles. The Labute approximate surface area is 115 Å². The topological polar surface area (TPSA) is 61.8 Å². The molecule has 19 heavy (non-hydrogen) atoms. The first kappa shape index (κ1) is 14.8. The standard InChI is InChI=1S/C14H26N2O3/c1-10-4-5-11(6-15-10)13(18)16-7-12(8-17)19-14(2,3)9-16/h10-12,15,17H,4-9H2,1-3H3. The van der Waals surface area contributed by atoms with Crippen LogP contribution in [0.15, 0.2) is 0 Å².